The Kier molecular flexibility index (Phi) is 6.87. The second-order valence-corrected chi connectivity index (χ2v) is 6.81. The van der Waals surface area contributed by atoms with E-state index in [0.29, 0.717) is 13.1 Å². The molecule has 4 heteroatoms. The van der Waals surface area contributed by atoms with Gasteiger partial charge < -0.3 is 15.4 Å². The predicted molar refractivity (Wildman–Crippen MR) is 102 cm³/mol. The quantitative estimate of drug-likeness (QED) is 0.716. The molecule has 0 bridgehead atoms. The fourth-order valence-electron chi connectivity index (χ4n) is 2.65. The van der Waals surface area contributed by atoms with Gasteiger partial charge in [-0.25, -0.2) is 4.79 Å². The van der Waals surface area contributed by atoms with Crippen molar-refractivity contribution < 1.29 is 9.53 Å². The normalized spacial score (nSPS) is 11.0. The minimum absolute atomic E-state index is 0.116. The Morgan fingerprint density at radius 2 is 1.68 bits per heavy atom. The molecule has 0 radical (unpaired) electrons. The maximum absolute atomic E-state index is 12.0. The molecular formula is C21H28N2O2. The van der Waals surface area contributed by atoms with Crippen LogP contribution in [-0.4, -0.2) is 26.2 Å². The second-order valence-electron chi connectivity index (χ2n) is 6.81. The van der Waals surface area contributed by atoms with E-state index >= 15 is 0 Å². The molecule has 0 aliphatic heterocycles. The van der Waals surface area contributed by atoms with Crippen LogP contribution in [0, 0.1) is 0 Å². The largest absolute Gasteiger partial charge is 0.497 e. The Morgan fingerprint density at radius 3 is 2.32 bits per heavy atom. The first-order valence-electron chi connectivity index (χ1n) is 8.71. The summed E-state index contributed by atoms with van der Waals surface area (Å²) >= 11 is 0. The van der Waals surface area contributed by atoms with E-state index in [0.717, 1.165) is 24.2 Å². The molecule has 0 saturated heterocycles. The van der Waals surface area contributed by atoms with Gasteiger partial charge in [0.2, 0.25) is 0 Å². The minimum Gasteiger partial charge on any atom is -0.497 e. The Morgan fingerprint density at radius 1 is 1.00 bits per heavy atom. The lowest BCUT2D eigenvalue weighted by Crippen LogP contribution is -2.42. The molecule has 2 N–H and O–H groups in total. The lowest BCUT2D eigenvalue weighted by molar-refractivity contribution is 0.238. The highest BCUT2D eigenvalue weighted by molar-refractivity contribution is 5.73. The molecule has 25 heavy (non-hydrogen) atoms. The van der Waals surface area contributed by atoms with Crippen LogP contribution in [0.2, 0.25) is 0 Å². The monoisotopic (exact) mass is 340 g/mol. The molecule has 2 aromatic carbocycles. The SMILES string of the molecule is COc1ccc(C(C)(C)CNC(=O)NCCCc2ccccc2)cc1. The van der Waals surface area contributed by atoms with Crippen LogP contribution in [-0.2, 0) is 11.8 Å². The fraction of sp³-hybridized carbons (Fsp3) is 0.381. The van der Waals surface area contributed by atoms with E-state index in [9.17, 15) is 4.79 Å². The Hall–Kier alpha value is -2.49. The number of urea groups is 1. The highest BCUT2D eigenvalue weighted by Gasteiger charge is 2.21. The number of nitrogens with one attached hydrogen (secondary N) is 2. The van der Waals surface area contributed by atoms with Crippen molar-refractivity contribution >= 4 is 6.03 Å². The van der Waals surface area contributed by atoms with E-state index < -0.39 is 0 Å². The number of carbonyl (C=O) groups is 1. The Bertz CT molecular complexity index is 651. The maximum atomic E-state index is 12.0. The highest BCUT2D eigenvalue weighted by Crippen LogP contribution is 2.24. The second kappa shape index (κ2) is 9.11. The van der Waals surface area contributed by atoms with Crippen molar-refractivity contribution in [3.63, 3.8) is 0 Å². The molecule has 4 nitrogen and oxygen atoms in total. The summed E-state index contributed by atoms with van der Waals surface area (Å²) in [7, 11) is 1.66. The lowest BCUT2D eigenvalue weighted by Gasteiger charge is -2.26. The number of hydrogen-bond donors (Lipinski definition) is 2. The molecular weight excluding hydrogens is 312 g/mol. The average Bonchev–Trinajstić information content (AvgIpc) is 2.64. The number of methoxy groups -OCH3 is 1. The molecule has 2 amide bonds. The van der Waals surface area contributed by atoms with Crippen LogP contribution in [0.5, 0.6) is 5.75 Å². The van der Waals surface area contributed by atoms with E-state index in [-0.39, 0.29) is 11.4 Å². The Balaban J connectivity index is 1.70. The maximum Gasteiger partial charge on any atom is 0.314 e. The van der Waals surface area contributed by atoms with Crippen molar-refractivity contribution in [3.05, 3.63) is 65.7 Å². The van der Waals surface area contributed by atoms with E-state index in [1.807, 2.05) is 42.5 Å². The van der Waals surface area contributed by atoms with E-state index in [2.05, 4.69) is 36.6 Å². The number of carbonyl (C=O) groups excluding carboxylic acids is 1. The average molecular weight is 340 g/mol. The van der Waals surface area contributed by atoms with Crippen LogP contribution in [0.1, 0.15) is 31.4 Å². The summed E-state index contributed by atoms with van der Waals surface area (Å²) in [6.45, 7) is 5.47. The smallest absolute Gasteiger partial charge is 0.314 e. The zero-order valence-corrected chi connectivity index (χ0v) is 15.3. The first kappa shape index (κ1) is 18.8. The molecule has 2 aromatic rings. The first-order valence-corrected chi connectivity index (χ1v) is 8.71. The summed E-state index contributed by atoms with van der Waals surface area (Å²) in [5, 5.41) is 5.89. The number of ether oxygens (including phenoxy) is 1. The van der Waals surface area contributed by atoms with E-state index in [1.54, 1.807) is 7.11 Å². The van der Waals surface area contributed by atoms with Gasteiger partial charge >= 0.3 is 6.03 Å². The number of amides is 2. The molecule has 2 rings (SSSR count). The molecule has 0 aliphatic rings. The molecule has 0 heterocycles. The summed E-state index contributed by atoms with van der Waals surface area (Å²) < 4.78 is 5.19. The van der Waals surface area contributed by atoms with Crippen molar-refractivity contribution in [2.45, 2.75) is 32.1 Å². The van der Waals surface area contributed by atoms with Gasteiger partial charge in [0.15, 0.2) is 0 Å². The third-order valence-electron chi connectivity index (χ3n) is 4.33. The molecule has 0 aromatic heterocycles. The van der Waals surface area contributed by atoms with Gasteiger partial charge in [0.05, 0.1) is 7.11 Å². The summed E-state index contributed by atoms with van der Waals surface area (Å²) in [5.41, 5.74) is 2.32. The number of hydrogen-bond acceptors (Lipinski definition) is 2. The third-order valence-corrected chi connectivity index (χ3v) is 4.33. The van der Waals surface area contributed by atoms with Gasteiger partial charge in [-0.15, -0.1) is 0 Å². The molecule has 134 valence electrons. The van der Waals surface area contributed by atoms with Gasteiger partial charge in [-0.05, 0) is 36.1 Å². The van der Waals surface area contributed by atoms with Gasteiger partial charge in [-0.3, -0.25) is 0 Å². The molecule has 0 unspecified atom stereocenters. The third kappa shape index (κ3) is 6.14. The van der Waals surface area contributed by atoms with E-state index in [4.69, 9.17) is 4.74 Å². The van der Waals surface area contributed by atoms with Crippen LogP contribution >= 0.6 is 0 Å². The zero-order valence-electron chi connectivity index (χ0n) is 15.3. The standard InChI is InChI=1S/C21H28N2O2/c1-21(2,18-11-13-19(25-3)14-12-18)16-23-20(24)22-15-7-10-17-8-5-4-6-9-17/h4-6,8-9,11-14H,7,10,15-16H2,1-3H3,(H2,22,23,24). The summed E-state index contributed by atoms with van der Waals surface area (Å²) in [4.78, 5) is 12.0. The summed E-state index contributed by atoms with van der Waals surface area (Å²) in [6.07, 6.45) is 1.90. The van der Waals surface area contributed by atoms with Gasteiger partial charge in [0.1, 0.15) is 5.75 Å². The van der Waals surface area contributed by atoms with Crippen LogP contribution in [0.25, 0.3) is 0 Å². The number of benzene rings is 2. The van der Waals surface area contributed by atoms with Crippen molar-refractivity contribution in [2.24, 2.45) is 0 Å². The summed E-state index contributed by atoms with van der Waals surface area (Å²) in [6, 6.07) is 18.2. The van der Waals surface area contributed by atoms with Crippen LogP contribution in [0.15, 0.2) is 54.6 Å². The summed E-state index contributed by atoms with van der Waals surface area (Å²) in [5.74, 6) is 0.837. The van der Waals surface area contributed by atoms with Gasteiger partial charge in [-0.2, -0.15) is 0 Å². The number of aryl methyl sites for hydroxylation is 1. The van der Waals surface area contributed by atoms with Crippen LogP contribution < -0.4 is 15.4 Å². The fourth-order valence-corrected chi connectivity index (χ4v) is 2.65. The minimum atomic E-state index is -0.145. The van der Waals surface area contributed by atoms with Crippen molar-refractivity contribution in [1.82, 2.24) is 10.6 Å². The van der Waals surface area contributed by atoms with Crippen molar-refractivity contribution in [1.29, 1.82) is 0 Å². The molecule has 0 aliphatic carbocycles. The predicted octanol–water partition coefficient (Wildman–Crippen LogP) is 3.90. The van der Waals surface area contributed by atoms with Crippen LogP contribution in [0.4, 0.5) is 4.79 Å². The first-order chi connectivity index (χ1) is 12.0. The molecule has 0 saturated carbocycles. The van der Waals surface area contributed by atoms with Crippen molar-refractivity contribution in [2.75, 3.05) is 20.2 Å². The number of rotatable bonds is 8. The highest BCUT2D eigenvalue weighted by atomic mass is 16.5. The van der Waals surface area contributed by atoms with Gasteiger partial charge in [0.25, 0.3) is 0 Å². The molecule has 0 atom stereocenters. The van der Waals surface area contributed by atoms with Crippen LogP contribution in [0.3, 0.4) is 0 Å². The zero-order chi connectivity index (χ0) is 18.1. The Labute approximate surface area is 150 Å². The van der Waals surface area contributed by atoms with Gasteiger partial charge in [0, 0.05) is 18.5 Å². The molecule has 0 fully saturated rings. The molecule has 0 spiro atoms. The van der Waals surface area contributed by atoms with E-state index in [1.165, 1.54) is 5.56 Å². The van der Waals surface area contributed by atoms with Crippen molar-refractivity contribution in [3.8, 4) is 5.75 Å². The van der Waals surface area contributed by atoms with Gasteiger partial charge in [-0.1, -0.05) is 56.3 Å². The topological polar surface area (TPSA) is 50.4 Å². The lowest BCUT2D eigenvalue weighted by atomic mass is 9.84.